The van der Waals surface area contributed by atoms with Gasteiger partial charge < -0.3 is 5.73 Å². The highest BCUT2D eigenvalue weighted by molar-refractivity contribution is 7.89. The molecule has 20 heavy (non-hydrogen) atoms. The zero-order valence-electron chi connectivity index (χ0n) is 11.5. The molecule has 0 aliphatic heterocycles. The summed E-state index contributed by atoms with van der Waals surface area (Å²) in [6.45, 7) is 3.91. The lowest BCUT2D eigenvalue weighted by molar-refractivity contribution is 0.534. The Hall–Kier alpha value is -0.690. The molecule has 112 valence electrons. The Morgan fingerprint density at radius 3 is 2.65 bits per heavy atom. The van der Waals surface area contributed by atoms with E-state index in [9.17, 15) is 8.42 Å². The van der Waals surface area contributed by atoms with Gasteiger partial charge in [0, 0.05) is 11.6 Å². The number of sulfonamides is 1. The highest BCUT2D eigenvalue weighted by atomic mass is 35.5. The van der Waals surface area contributed by atoms with Crippen molar-refractivity contribution in [2.45, 2.75) is 44.0 Å². The number of thiocarbonyl (C=S) groups is 1. The third kappa shape index (κ3) is 4.70. The van der Waals surface area contributed by atoms with Gasteiger partial charge in [-0.3, -0.25) is 0 Å². The molecule has 0 bridgehead atoms. The summed E-state index contributed by atoms with van der Waals surface area (Å²) in [5, 5.41) is 0.238. The molecule has 0 saturated heterocycles. The normalized spacial score (nSPS) is 13.2. The molecule has 0 aromatic heterocycles. The zero-order valence-corrected chi connectivity index (χ0v) is 13.9. The minimum atomic E-state index is -3.57. The van der Waals surface area contributed by atoms with Gasteiger partial charge in [-0.1, -0.05) is 43.6 Å². The van der Waals surface area contributed by atoms with Gasteiger partial charge in [-0.2, -0.15) is 0 Å². The molecule has 7 heteroatoms. The van der Waals surface area contributed by atoms with E-state index in [1.54, 1.807) is 0 Å². The second kappa shape index (κ2) is 7.36. The van der Waals surface area contributed by atoms with Gasteiger partial charge in [0.15, 0.2) is 0 Å². The van der Waals surface area contributed by atoms with Crippen LogP contribution < -0.4 is 10.5 Å². The second-order valence-corrected chi connectivity index (χ2v) is 7.23. The van der Waals surface area contributed by atoms with Gasteiger partial charge in [0.25, 0.3) is 0 Å². The summed E-state index contributed by atoms with van der Waals surface area (Å²) in [4.78, 5) is 0.258. The van der Waals surface area contributed by atoms with Crippen LogP contribution in [-0.4, -0.2) is 19.4 Å². The summed E-state index contributed by atoms with van der Waals surface area (Å²) in [5.74, 6) is 0. The molecule has 1 aromatic rings. The van der Waals surface area contributed by atoms with Crippen LogP contribution in [0.15, 0.2) is 23.1 Å². The van der Waals surface area contributed by atoms with E-state index in [-0.39, 0.29) is 20.9 Å². The second-order valence-electron chi connectivity index (χ2n) is 4.67. The van der Waals surface area contributed by atoms with Crippen molar-refractivity contribution in [2.24, 2.45) is 5.73 Å². The molecule has 0 amide bonds. The molecular weight excluding hydrogens is 316 g/mol. The third-order valence-corrected chi connectivity index (χ3v) is 4.98. The fourth-order valence-electron chi connectivity index (χ4n) is 1.76. The third-order valence-electron chi connectivity index (χ3n) is 2.86. The van der Waals surface area contributed by atoms with Crippen LogP contribution in [0, 0.1) is 0 Å². The largest absolute Gasteiger partial charge is 0.389 e. The van der Waals surface area contributed by atoms with Gasteiger partial charge in [0.05, 0.1) is 9.92 Å². The Morgan fingerprint density at radius 2 is 2.15 bits per heavy atom. The molecule has 0 aliphatic carbocycles. The van der Waals surface area contributed by atoms with E-state index in [0.717, 1.165) is 19.3 Å². The molecule has 1 rings (SSSR count). The van der Waals surface area contributed by atoms with Gasteiger partial charge in [-0.25, -0.2) is 13.1 Å². The molecular formula is C13H19ClN2O2S2. The summed E-state index contributed by atoms with van der Waals surface area (Å²) in [6.07, 6.45) is 2.81. The van der Waals surface area contributed by atoms with Crippen molar-refractivity contribution in [1.29, 1.82) is 0 Å². The smallest absolute Gasteiger partial charge is 0.240 e. The molecule has 0 saturated carbocycles. The Labute approximate surface area is 130 Å². The molecule has 3 N–H and O–H groups in total. The highest BCUT2D eigenvalue weighted by Crippen LogP contribution is 2.21. The maximum atomic E-state index is 12.2. The molecule has 0 spiro atoms. The van der Waals surface area contributed by atoms with E-state index < -0.39 is 10.0 Å². The number of halogens is 1. The first kappa shape index (κ1) is 17.4. The lowest BCUT2D eigenvalue weighted by atomic mass is 10.2. The maximum Gasteiger partial charge on any atom is 0.240 e. The van der Waals surface area contributed by atoms with E-state index in [2.05, 4.69) is 11.6 Å². The van der Waals surface area contributed by atoms with Gasteiger partial charge in [-0.15, -0.1) is 0 Å². The standard InChI is InChI=1S/C13H19ClN2O2S2/c1-3-4-5-9(2)16-20(17,18)10-6-7-11(13(15)19)12(14)8-10/h6-9,16H,3-5H2,1-2H3,(H2,15,19). The summed E-state index contributed by atoms with van der Waals surface area (Å²) in [5.41, 5.74) is 5.96. The van der Waals surface area contributed by atoms with E-state index >= 15 is 0 Å². The summed E-state index contributed by atoms with van der Waals surface area (Å²) in [7, 11) is -3.57. The SMILES string of the molecule is CCCCC(C)NS(=O)(=O)c1ccc(C(N)=S)c(Cl)c1. The summed E-state index contributed by atoms with van der Waals surface area (Å²) < 4.78 is 27.0. The zero-order chi connectivity index (χ0) is 15.3. The Balaban J connectivity index is 2.93. The van der Waals surface area contributed by atoms with E-state index in [1.807, 2.05) is 6.92 Å². The molecule has 0 radical (unpaired) electrons. The monoisotopic (exact) mass is 334 g/mol. The predicted octanol–water partition coefficient (Wildman–Crippen LogP) is 2.83. The van der Waals surface area contributed by atoms with Crippen molar-refractivity contribution in [3.63, 3.8) is 0 Å². The van der Waals surface area contributed by atoms with Gasteiger partial charge in [-0.05, 0) is 31.5 Å². The van der Waals surface area contributed by atoms with Gasteiger partial charge in [0.2, 0.25) is 10.0 Å². The quantitative estimate of drug-likeness (QED) is 0.752. The lowest BCUT2D eigenvalue weighted by Crippen LogP contribution is -2.32. The maximum absolute atomic E-state index is 12.2. The average Bonchev–Trinajstić information content (AvgIpc) is 2.35. The number of nitrogens with one attached hydrogen (secondary N) is 1. The van der Waals surface area contributed by atoms with E-state index in [1.165, 1.54) is 18.2 Å². The van der Waals surface area contributed by atoms with E-state index in [0.29, 0.717) is 5.56 Å². The molecule has 1 aromatic carbocycles. The minimum absolute atomic E-state index is 0.117. The number of nitrogens with two attached hydrogens (primary N) is 1. The lowest BCUT2D eigenvalue weighted by Gasteiger charge is -2.14. The first-order chi connectivity index (χ1) is 9.27. The van der Waals surface area contributed by atoms with Gasteiger partial charge >= 0.3 is 0 Å². The van der Waals surface area contributed by atoms with Crippen molar-refractivity contribution in [3.8, 4) is 0 Å². The van der Waals surface area contributed by atoms with Crippen molar-refractivity contribution in [2.75, 3.05) is 0 Å². The summed E-state index contributed by atoms with van der Waals surface area (Å²) in [6, 6.07) is 4.23. The minimum Gasteiger partial charge on any atom is -0.389 e. The number of hydrogen-bond donors (Lipinski definition) is 2. The molecule has 0 fully saturated rings. The van der Waals surface area contributed by atoms with Crippen molar-refractivity contribution in [3.05, 3.63) is 28.8 Å². The fraction of sp³-hybridized carbons (Fsp3) is 0.462. The number of unbranched alkanes of at least 4 members (excludes halogenated alkanes) is 1. The van der Waals surface area contributed by atoms with E-state index in [4.69, 9.17) is 29.6 Å². The number of rotatable bonds is 7. The molecule has 4 nitrogen and oxygen atoms in total. The highest BCUT2D eigenvalue weighted by Gasteiger charge is 2.18. The number of benzene rings is 1. The van der Waals surface area contributed by atoms with Gasteiger partial charge in [0.1, 0.15) is 4.99 Å². The van der Waals surface area contributed by atoms with Crippen molar-refractivity contribution in [1.82, 2.24) is 4.72 Å². The molecule has 1 unspecified atom stereocenters. The van der Waals surface area contributed by atoms with Crippen molar-refractivity contribution >= 4 is 38.8 Å². The Morgan fingerprint density at radius 1 is 1.50 bits per heavy atom. The predicted molar refractivity (Wildman–Crippen MR) is 86.6 cm³/mol. The first-order valence-electron chi connectivity index (χ1n) is 6.39. The van der Waals surface area contributed by atoms with Crippen LogP contribution in [0.4, 0.5) is 0 Å². The van der Waals surface area contributed by atoms with Crippen molar-refractivity contribution < 1.29 is 8.42 Å². The van der Waals surface area contributed by atoms with Crippen LogP contribution in [0.3, 0.4) is 0 Å². The molecule has 1 atom stereocenters. The van der Waals surface area contributed by atoms with Crippen LogP contribution in [0.1, 0.15) is 38.7 Å². The van der Waals surface area contributed by atoms with Crippen LogP contribution >= 0.6 is 23.8 Å². The Kier molecular flexibility index (Phi) is 6.39. The first-order valence-corrected chi connectivity index (χ1v) is 8.66. The Bertz CT molecular complexity index is 588. The fourth-order valence-corrected chi connectivity index (χ4v) is 3.65. The van der Waals surface area contributed by atoms with Crippen LogP contribution in [-0.2, 0) is 10.0 Å². The molecule has 0 aliphatic rings. The van der Waals surface area contributed by atoms with Crippen LogP contribution in [0.5, 0.6) is 0 Å². The van der Waals surface area contributed by atoms with Crippen LogP contribution in [0.25, 0.3) is 0 Å². The summed E-state index contributed by atoms with van der Waals surface area (Å²) >= 11 is 10.8. The average molecular weight is 335 g/mol. The number of hydrogen-bond acceptors (Lipinski definition) is 3. The topological polar surface area (TPSA) is 72.2 Å². The molecule has 0 heterocycles. The van der Waals surface area contributed by atoms with Crippen LogP contribution in [0.2, 0.25) is 5.02 Å².